The summed E-state index contributed by atoms with van der Waals surface area (Å²) in [5.41, 5.74) is 2.88. The molecule has 2 unspecified atom stereocenters. The number of thiocarbonyl (C=S) groups is 1. The van der Waals surface area contributed by atoms with Gasteiger partial charge in [-0.05, 0) is 62.5 Å². The van der Waals surface area contributed by atoms with E-state index < -0.39 is 4.92 Å². The van der Waals surface area contributed by atoms with Gasteiger partial charge in [0.05, 0.1) is 22.7 Å². The Balaban J connectivity index is 1.80. The highest BCUT2D eigenvalue weighted by Crippen LogP contribution is 2.40. The van der Waals surface area contributed by atoms with Crippen molar-refractivity contribution in [3.8, 4) is 5.69 Å². The first-order valence-electron chi connectivity index (χ1n) is 9.39. The molecule has 7 nitrogen and oxygen atoms in total. The molecule has 1 N–H and O–H groups in total. The molecule has 29 heavy (non-hydrogen) atoms. The number of benzene rings is 1. The Labute approximate surface area is 174 Å². The minimum absolute atomic E-state index is 0.0670. The van der Waals surface area contributed by atoms with Crippen LogP contribution in [0.25, 0.3) is 5.69 Å². The second-order valence-electron chi connectivity index (χ2n) is 7.20. The number of rotatable bonds is 5. The Bertz CT molecular complexity index is 1030. The van der Waals surface area contributed by atoms with Gasteiger partial charge in [0, 0.05) is 41.9 Å². The quantitative estimate of drug-likeness (QED) is 0.389. The molecule has 1 aliphatic heterocycles. The van der Waals surface area contributed by atoms with Crippen LogP contribution in [0.5, 0.6) is 0 Å². The van der Waals surface area contributed by atoms with Crippen LogP contribution in [0.3, 0.4) is 0 Å². The van der Waals surface area contributed by atoms with E-state index in [0.29, 0.717) is 5.11 Å². The third-order valence-electron chi connectivity index (χ3n) is 5.11. The van der Waals surface area contributed by atoms with Crippen molar-refractivity contribution in [2.24, 2.45) is 0 Å². The molecule has 3 heterocycles. The molecule has 1 fully saturated rings. The van der Waals surface area contributed by atoms with Gasteiger partial charge in [-0.2, -0.15) is 0 Å². The number of nitrogens with zero attached hydrogens (tertiary/aromatic N) is 4. The predicted octanol–water partition coefficient (Wildman–Crippen LogP) is 4.16. The maximum Gasteiger partial charge on any atom is 0.269 e. The molecule has 0 spiro atoms. The van der Waals surface area contributed by atoms with Crippen molar-refractivity contribution in [3.05, 3.63) is 88.5 Å². The fourth-order valence-electron chi connectivity index (χ4n) is 3.84. The number of hydrogen-bond donors (Lipinski definition) is 1. The SMILES string of the molecule is CC(C)N1C(=S)NC(c2ccccn2)C1c1cccn1-c1ccc([N+](=O)[O-])cc1. The van der Waals surface area contributed by atoms with E-state index in [1.54, 1.807) is 18.3 Å². The van der Waals surface area contributed by atoms with Gasteiger partial charge in [0.1, 0.15) is 0 Å². The monoisotopic (exact) mass is 407 g/mol. The molecule has 2 atom stereocenters. The average molecular weight is 407 g/mol. The Morgan fingerprint density at radius 1 is 1.14 bits per heavy atom. The molecule has 148 valence electrons. The van der Waals surface area contributed by atoms with Crippen molar-refractivity contribution in [1.29, 1.82) is 0 Å². The highest BCUT2D eigenvalue weighted by atomic mass is 32.1. The number of pyridine rings is 1. The van der Waals surface area contributed by atoms with Gasteiger partial charge in [0.15, 0.2) is 5.11 Å². The third-order valence-corrected chi connectivity index (χ3v) is 5.44. The molecule has 4 rings (SSSR count). The first kappa shape index (κ1) is 19.1. The van der Waals surface area contributed by atoms with Gasteiger partial charge >= 0.3 is 0 Å². The summed E-state index contributed by atoms with van der Waals surface area (Å²) in [5.74, 6) is 0. The molecule has 8 heteroatoms. The lowest BCUT2D eigenvalue weighted by Crippen LogP contribution is -2.36. The molecule has 0 saturated carbocycles. The lowest BCUT2D eigenvalue weighted by atomic mass is 10.0. The highest BCUT2D eigenvalue weighted by molar-refractivity contribution is 7.80. The maximum atomic E-state index is 11.0. The summed E-state index contributed by atoms with van der Waals surface area (Å²) in [6.45, 7) is 4.22. The first-order chi connectivity index (χ1) is 14.0. The smallest absolute Gasteiger partial charge is 0.269 e. The normalized spacial score (nSPS) is 18.9. The molecule has 1 saturated heterocycles. The van der Waals surface area contributed by atoms with E-state index in [4.69, 9.17) is 12.2 Å². The van der Waals surface area contributed by atoms with E-state index in [1.165, 1.54) is 12.1 Å². The topological polar surface area (TPSA) is 76.2 Å². The van der Waals surface area contributed by atoms with Gasteiger partial charge in [0.25, 0.3) is 5.69 Å². The highest BCUT2D eigenvalue weighted by Gasteiger charge is 2.42. The summed E-state index contributed by atoms with van der Waals surface area (Å²) in [6.07, 6.45) is 3.75. The summed E-state index contributed by atoms with van der Waals surface area (Å²) in [4.78, 5) is 17.3. The van der Waals surface area contributed by atoms with Crippen LogP contribution < -0.4 is 5.32 Å². The van der Waals surface area contributed by atoms with Gasteiger partial charge in [0.2, 0.25) is 0 Å². The lowest BCUT2D eigenvalue weighted by molar-refractivity contribution is -0.384. The van der Waals surface area contributed by atoms with Crippen molar-refractivity contribution >= 4 is 23.0 Å². The summed E-state index contributed by atoms with van der Waals surface area (Å²) < 4.78 is 2.05. The third kappa shape index (κ3) is 3.47. The average Bonchev–Trinajstić information content (AvgIpc) is 3.32. The summed E-state index contributed by atoms with van der Waals surface area (Å²) in [6, 6.07) is 16.5. The number of nitrogens with one attached hydrogen (secondary N) is 1. The maximum absolute atomic E-state index is 11.0. The number of hydrogen-bond acceptors (Lipinski definition) is 4. The van der Waals surface area contributed by atoms with Crippen LogP contribution in [0, 0.1) is 10.1 Å². The molecular weight excluding hydrogens is 386 g/mol. The largest absolute Gasteiger partial charge is 0.352 e. The zero-order valence-electron chi connectivity index (χ0n) is 16.1. The number of nitro groups is 1. The number of nitro benzene ring substituents is 1. The molecule has 0 aliphatic carbocycles. The van der Waals surface area contributed by atoms with Crippen LogP contribution in [0.4, 0.5) is 5.69 Å². The zero-order chi connectivity index (χ0) is 20.5. The van der Waals surface area contributed by atoms with Gasteiger partial charge in [-0.1, -0.05) is 6.07 Å². The fraction of sp³-hybridized carbons (Fsp3) is 0.238. The Morgan fingerprint density at radius 3 is 2.52 bits per heavy atom. The summed E-state index contributed by atoms with van der Waals surface area (Å²) in [5, 5.41) is 15.1. The Hall–Kier alpha value is -3.26. The molecule has 1 aliphatic rings. The molecule has 0 bridgehead atoms. The van der Waals surface area contributed by atoms with Crippen LogP contribution in [0.2, 0.25) is 0 Å². The number of non-ortho nitro benzene ring substituents is 1. The molecule has 1 aromatic carbocycles. The molecular formula is C21H21N5O2S. The predicted molar refractivity (Wildman–Crippen MR) is 115 cm³/mol. The van der Waals surface area contributed by atoms with E-state index in [9.17, 15) is 10.1 Å². The van der Waals surface area contributed by atoms with Crippen LogP contribution >= 0.6 is 12.2 Å². The van der Waals surface area contributed by atoms with Crippen LogP contribution in [-0.2, 0) is 0 Å². The Kier molecular flexibility index (Phi) is 5.02. The van der Waals surface area contributed by atoms with Crippen molar-refractivity contribution in [1.82, 2.24) is 19.8 Å². The van der Waals surface area contributed by atoms with Gasteiger partial charge in [-0.15, -0.1) is 0 Å². The summed E-state index contributed by atoms with van der Waals surface area (Å²) >= 11 is 5.65. The van der Waals surface area contributed by atoms with Gasteiger partial charge in [-0.25, -0.2) is 0 Å². The second kappa shape index (κ2) is 7.63. The minimum Gasteiger partial charge on any atom is -0.352 e. The van der Waals surface area contributed by atoms with Gasteiger partial charge < -0.3 is 14.8 Å². The second-order valence-corrected chi connectivity index (χ2v) is 7.59. The summed E-state index contributed by atoms with van der Waals surface area (Å²) in [7, 11) is 0. The van der Waals surface area contributed by atoms with E-state index in [2.05, 4.69) is 39.7 Å². The molecule has 3 aromatic rings. The van der Waals surface area contributed by atoms with Crippen molar-refractivity contribution in [2.45, 2.75) is 32.0 Å². The van der Waals surface area contributed by atoms with E-state index in [1.807, 2.05) is 30.5 Å². The first-order valence-corrected chi connectivity index (χ1v) is 9.80. The van der Waals surface area contributed by atoms with Crippen LogP contribution in [-0.4, -0.2) is 30.5 Å². The zero-order valence-corrected chi connectivity index (χ0v) is 16.9. The van der Waals surface area contributed by atoms with E-state index >= 15 is 0 Å². The lowest BCUT2D eigenvalue weighted by Gasteiger charge is -2.31. The van der Waals surface area contributed by atoms with Crippen LogP contribution in [0.1, 0.15) is 37.3 Å². The number of aromatic nitrogens is 2. The standard InChI is InChI=1S/C21H21N5O2S/c1-14(2)25-20(19(23-21(25)29)17-6-3-4-12-22-17)18-7-5-13-24(18)15-8-10-16(11-9-15)26(27)28/h3-14,19-20H,1-2H3,(H,23,29). The minimum atomic E-state index is -0.392. The van der Waals surface area contributed by atoms with E-state index in [-0.39, 0.29) is 23.8 Å². The van der Waals surface area contributed by atoms with E-state index in [0.717, 1.165) is 17.1 Å². The van der Waals surface area contributed by atoms with Crippen molar-refractivity contribution in [3.63, 3.8) is 0 Å². The van der Waals surface area contributed by atoms with Crippen LogP contribution in [0.15, 0.2) is 67.0 Å². The fourth-order valence-corrected chi connectivity index (χ4v) is 4.29. The van der Waals surface area contributed by atoms with Gasteiger partial charge in [-0.3, -0.25) is 15.1 Å². The molecule has 0 amide bonds. The Morgan fingerprint density at radius 2 is 1.90 bits per heavy atom. The molecule has 2 aromatic heterocycles. The molecule has 0 radical (unpaired) electrons. The van der Waals surface area contributed by atoms with Crippen molar-refractivity contribution < 1.29 is 4.92 Å². The van der Waals surface area contributed by atoms with Crippen molar-refractivity contribution in [2.75, 3.05) is 0 Å².